The minimum absolute atomic E-state index is 0.0620. The zero-order valence-corrected chi connectivity index (χ0v) is 14.4. The molecular weight excluding hydrogens is 308 g/mol. The van der Waals surface area contributed by atoms with Crippen LogP contribution in [0.1, 0.15) is 45.4 Å². The Morgan fingerprint density at radius 1 is 1.30 bits per heavy atom. The molecule has 0 spiro atoms. The molecule has 2 aromatic rings. The summed E-state index contributed by atoms with van der Waals surface area (Å²) in [6.45, 7) is 2.84. The number of amides is 1. The topological polar surface area (TPSA) is 51.1 Å². The van der Waals surface area contributed by atoms with Gasteiger partial charge in [-0.1, -0.05) is 43.4 Å². The SMILES string of the molecule is CC1CCCCC1NC(=O)CCCn1sc2ccccc2c1=O. The highest BCUT2D eigenvalue weighted by atomic mass is 32.1. The number of aryl methyl sites for hydroxylation is 1. The van der Waals surface area contributed by atoms with Crippen LogP contribution in [0.3, 0.4) is 0 Å². The van der Waals surface area contributed by atoms with Crippen LogP contribution in [0.2, 0.25) is 0 Å². The van der Waals surface area contributed by atoms with Crippen LogP contribution in [0, 0.1) is 5.92 Å². The number of carbonyl (C=O) groups is 1. The Hall–Kier alpha value is -1.62. The third kappa shape index (κ3) is 3.83. The Bertz CT molecular complexity index is 734. The van der Waals surface area contributed by atoms with Crippen LogP contribution in [-0.4, -0.2) is 15.9 Å². The number of hydrogen-bond donors (Lipinski definition) is 1. The van der Waals surface area contributed by atoms with Crippen LogP contribution in [0.4, 0.5) is 0 Å². The van der Waals surface area contributed by atoms with E-state index in [1.807, 2.05) is 24.3 Å². The molecule has 1 heterocycles. The first kappa shape index (κ1) is 16.2. The second-order valence-corrected chi connectivity index (χ2v) is 7.60. The van der Waals surface area contributed by atoms with Crippen molar-refractivity contribution in [1.29, 1.82) is 0 Å². The molecule has 2 unspecified atom stereocenters. The van der Waals surface area contributed by atoms with E-state index in [4.69, 9.17) is 0 Å². The minimum Gasteiger partial charge on any atom is -0.353 e. The Morgan fingerprint density at radius 3 is 2.87 bits per heavy atom. The van der Waals surface area contributed by atoms with Crippen LogP contribution in [-0.2, 0) is 11.3 Å². The van der Waals surface area contributed by atoms with Crippen molar-refractivity contribution in [3.05, 3.63) is 34.6 Å². The molecule has 1 aromatic carbocycles. The molecule has 1 fully saturated rings. The van der Waals surface area contributed by atoms with Gasteiger partial charge >= 0.3 is 0 Å². The lowest BCUT2D eigenvalue weighted by atomic mass is 9.86. The van der Waals surface area contributed by atoms with E-state index in [9.17, 15) is 9.59 Å². The van der Waals surface area contributed by atoms with Gasteiger partial charge in [-0.15, -0.1) is 0 Å². The number of nitrogens with zero attached hydrogens (tertiary/aromatic N) is 1. The fraction of sp³-hybridized carbons (Fsp3) is 0.556. The first-order valence-electron chi connectivity index (χ1n) is 8.53. The van der Waals surface area contributed by atoms with E-state index in [2.05, 4.69) is 12.2 Å². The molecule has 1 amide bonds. The quantitative estimate of drug-likeness (QED) is 0.910. The van der Waals surface area contributed by atoms with Gasteiger partial charge in [-0.3, -0.25) is 13.5 Å². The predicted molar refractivity (Wildman–Crippen MR) is 94.9 cm³/mol. The number of nitrogens with one attached hydrogen (secondary N) is 1. The van der Waals surface area contributed by atoms with Crippen LogP contribution >= 0.6 is 11.5 Å². The largest absolute Gasteiger partial charge is 0.353 e. The van der Waals surface area contributed by atoms with E-state index in [1.54, 1.807) is 3.96 Å². The van der Waals surface area contributed by atoms with Gasteiger partial charge < -0.3 is 5.32 Å². The standard InChI is InChI=1S/C18H24N2O2S/c1-13-7-2-4-9-15(13)19-17(21)11-6-12-20-18(22)14-8-3-5-10-16(14)23-20/h3,5,8,10,13,15H,2,4,6-7,9,11-12H2,1H3,(H,19,21). The number of rotatable bonds is 5. The molecule has 0 saturated heterocycles. The number of carbonyl (C=O) groups excluding carboxylic acids is 1. The van der Waals surface area contributed by atoms with Crippen molar-refractivity contribution in [3.63, 3.8) is 0 Å². The maximum absolute atomic E-state index is 12.2. The lowest BCUT2D eigenvalue weighted by Gasteiger charge is -2.29. The lowest BCUT2D eigenvalue weighted by Crippen LogP contribution is -2.41. The summed E-state index contributed by atoms with van der Waals surface area (Å²) in [5.74, 6) is 0.704. The second kappa shape index (κ2) is 7.30. The van der Waals surface area contributed by atoms with E-state index < -0.39 is 0 Å². The van der Waals surface area contributed by atoms with Gasteiger partial charge in [0.2, 0.25) is 5.91 Å². The third-order valence-electron chi connectivity index (χ3n) is 4.78. The zero-order chi connectivity index (χ0) is 16.2. The van der Waals surface area contributed by atoms with Crippen molar-refractivity contribution in [3.8, 4) is 0 Å². The average Bonchev–Trinajstić information content (AvgIpc) is 2.86. The number of fused-ring (bicyclic) bond motifs is 1. The average molecular weight is 332 g/mol. The third-order valence-corrected chi connectivity index (χ3v) is 5.90. The number of hydrogen-bond acceptors (Lipinski definition) is 3. The van der Waals surface area contributed by atoms with Crippen molar-refractivity contribution in [2.45, 2.75) is 58.0 Å². The van der Waals surface area contributed by atoms with E-state index in [-0.39, 0.29) is 11.5 Å². The van der Waals surface area contributed by atoms with Gasteiger partial charge in [0.1, 0.15) is 0 Å². The van der Waals surface area contributed by atoms with E-state index >= 15 is 0 Å². The van der Waals surface area contributed by atoms with Crippen molar-refractivity contribution in [1.82, 2.24) is 9.27 Å². The molecule has 0 radical (unpaired) electrons. The Morgan fingerprint density at radius 2 is 2.09 bits per heavy atom. The van der Waals surface area contributed by atoms with Crippen LogP contribution in [0.5, 0.6) is 0 Å². The molecule has 0 aliphatic heterocycles. The van der Waals surface area contributed by atoms with Crippen LogP contribution < -0.4 is 10.9 Å². The normalized spacial score (nSPS) is 21.4. The summed E-state index contributed by atoms with van der Waals surface area (Å²) < 4.78 is 2.78. The van der Waals surface area contributed by atoms with Crippen molar-refractivity contribution < 1.29 is 4.79 Å². The maximum atomic E-state index is 12.2. The van der Waals surface area contributed by atoms with Gasteiger partial charge in [0.05, 0.1) is 10.1 Å². The molecule has 4 nitrogen and oxygen atoms in total. The van der Waals surface area contributed by atoms with E-state index in [0.29, 0.717) is 31.3 Å². The summed E-state index contributed by atoms with van der Waals surface area (Å²) in [7, 11) is 0. The summed E-state index contributed by atoms with van der Waals surface area (Å²) in [6, 6.07) is 8.00. The lowest BCUT2D eigenvalue weighted by molar-refractivity contribution is -0.122. The molecule has 5 heteroatoms. The van der Waals surface area contributed by atoms with Gasteiger partial charge in [-0.25, -0.2) is 0 Å². The molecular formula is C18H24N2O2S. The molecule has 3 rings (SSSR count). The first-order chi connectivity index (χ1) is 11.1. The summed E-state index contributed by atoms with van der Waals surface area (Å²) in [5, 5.41) is 3.95. The fourth-order valence-corrected chi connectivity index (χ4v) is 4.39. The van der Waals surface area contributed by atoms with Gasteiger partial charge in [-0.2, -0.15) is 0 Å². The van der Waals surface area contributed by atoms with Crippen LogP contribution in [0.25, 0.3) is 10.1 Å². The first-order valence-corrected chi connectivity index (χ1v) is 9.30. The van der Waals surface area contributed by atoms with E-state index in [0.717, 1.165) is 16.5 Å². The Kier molecular flexibility index (Phi) is 5.16. The molecule has 23 heavy (non-hydrogen) atoms. The molecule has 1 N–H and O–H groups in total. The summed E-state index contributed by atoms with van der Waals surface area (Å²) in [6.07, 6.45) is 6.00. The second-order valence-electron chi connectivity index (χ2n) is 6.53. The molecule has 1 aromatic heterocycles. The number of benzene rings is 1. The highest BCUT2D eigenvalue weighted by Crippen LogP contribution is 2.23. The van der Waals surface area contributed by atoms with Crippen molar-refractivity contribution >= 4 is 27.5 Å². The highest BCUT2D eigenvalue weighted by Gasteiger charge is 2.22. The molecule has 0 bridgehead atoms. The highest BCUT2D eigenvalue weighted by molar-refractivity contribution is 7.13. The maximum Gasteiger partial charge on any atom is 0.268 e. The van der Waals surface area contributed by atoms with Gasteiger partial charge in [0.15, 0.2) is 0 Å². The van der Waals surface area contributed by atoms with Gasteiger partial charge in [-0.05, 0) is 37.3 Å². The monoisotopic (exact) mass is 332 g/mol. The predicted octanol–water partition coefficient (Wildman–Crippen LogP) is 3.54. The molecule has 1 aliphatic carbocycles. The Labute approximate surface area is 140 Å². The smallest absolute Gasteiger partial charge is 0.268 e. The summed E-state index contributed by atoms with van der Waals surface area (Å²) in [4.78, 5) is 24.3. The van der Waals surface area contributed by atoms with Crippen molar-refractivity contribution in [2.24, 2.45) is 5.92 Å². The van der Waals surface area contributed by atoms with E-state index in [1.165, 1.54) is 30.8 Å². The molecule has 124 valence electrons. The van der Waals surface area contributed by atoms with Crippen LogP contribution in [0.15, 0.2) is 29.1 Å². The van der Waals surface area contributed by atoms with Gasteiger partial charge in [0.25, 0.3) is 5.56 Å². The number of aromatic nitrogens is 1. The molecule has 1 aliphatic rings. The Balaban J connectivity index is 1.51. The molecule has 2 atom stereocenters. The summed E-state index contributed by atoms with van der Waals surface area (Å²) >= 11 is 1.48. The van der Waals surface area contributed by atoms with Crippen molar-refractivity contribution in [2.75, 3.05) is 0 Å². The zero-order valence-electron chi connectivity index (χ0n) is 13.6. The minimum atomic E-state index is 0.0620. The van der Waals surface area contributed by atoms with Gasteiger partial charge in [0, 0.05) is 19.0 Å². The molecule has 1 saturated carbocycles. The summed E-state index contributed by atoms with van der Waals surface area (Å²) in [5.41, 5.74) is 0.0620. The fourth-order valence-electron chi connectivity index (χ4n) is 3.36.